The minimum absolute atomic E-state index is 0.0663. The van der Waals surface area contributed by atoms with E-state index in [9.17, 15) is 8.42 Å². The number of halogens is 2. The van der Waals surface area contributed by atoms with Crippen LogP contribution < -0.4 is 9.46 Å². The highest BCUT2D eigenvalue weighted by Crippen LogP contribution is 2.30. The van der Waals surface area contributed by atoms with Crippen LogP contribution in [0, 0.1) is 0 Å². The zero-order chi connectivity index (χ0) is 22.3. The fourth-order valence-corrected chi connectivity index (χ4v) is 5.54. The number of aromatic nitrogens is 2. The molecule has 1 N–H and O–H groups in total. The number of anilines is 1. The minimum atomic E-state index is -3.95. The number of fused-ring (bicyclic) bond motifs is 2. The van der Waals surface area contributed by atoms with Gasteiger partial charge in [0, 0.05) is 23.2 Å². The van der Waals surface area contributed by atoms with Crippen molar-refractivity contribution in [2.24, 2.45) is 0 Å². The molecule has 0 unspecified atom stereocenters. The molecular weight excluding hydrogens is 469 g/mol. The number of allylic oxidation sites excluding steroid dienone is 1. The van der Waals surface area contributed by atoms with Crippen molar-refractivity contribution in [3.63, 3.8) is 0 Å². The van der Waals surface area contributed by atoms with Crippen molar-refractivity contribution in [3.05, 3.63) is 88.3 Å². The van der Waals surface area contributed by atoms with E-state index in [4.69, 9.17) is 27.9 Å². The summed E-state index contributed by atoms with van der Waals surface area (Å²) in [4.78, 5) is 4.11. The predicted molar refractivity (Wildman–Crippen MR) is 127 cm³/mol. The number of imidazole rings is 1. The smallest absolute Gasteiger partial charge is 0.281 e. The van der Waals surface area contributed by atoms with Gasteiger partial charge in [-0.25, -0.2) is 4.98 Å². The maximum atomic E-state index is 12.9. The van der Waals surface area contributed by atoms with E-state index in [1.807, 2.05) is 48.5 Å². The van der Waals surface area contributed by atoms with Gasteiger partial charge in [-0.15, -0.1) is 0 Å². The molecule has 1 aromatic heterocycles. The maximum absolute atomic E-state index is 12.9. The van der Waals surface area contributed by atoms with Crippen LogP contribution in [-0.4, -0.2) is 18.0 Å². The van der Waals surface area contributed by atoms with Crippen LogP contribution in [0.25, 0.3) is 17.0 Å². The molecule has 0 saturated heterocycles. The number of ether oxygens (including phenoxy) is 1. The molecule has 0 aliphatic carbocycles. The molecule has 6 nitrogen and oxygen atoms in total. The highest BCUT2D eigenvalue weighted by atomic mass is 35.5. The van der Waals surface area contributed by atoms with Gasteiger partial charge >= 0.3 is 0 Å². The van der Waals surface area contributed by atoms with Gasteiger partial charge in [0.2, 0.25) is 0 Å². The average Bonchev–Trinajstić information content (AvgIpc) is 3.32. The second kappa shape index (κ2) is 8.16. The van der Waals surface area contributed by atoms with Crippen molar-refractivity contribution >= 4 is 55.9 Å². The van der Waals surface area contributed by atoms with Crippen molar-refractivity contribution in [1.82, 2.24) is 9.55 Å². The molecule has 1 aliphatic rings. The number of nitrogens with one attached hydrogen (secondary N) is 1. The quantitative estimate of drug-likeness (QED) is 0.377. The van der Waals surface area contributed by atoms with Gasteiger partial charge in [0.25, 0.3) is 10.0 Å². The molecule has 0 atom stereocenters. The lowest BCUT2D eigenvalue weighted by Crippen LogP contribution is -2.16. The monoisotopic (exact) mass is 485 g/mol. The van der Waals surface area contributed by atoms with Crippen LogP contribution in [0.15, 0.2) is 71.8 Å². The summed E-state index contributed by atoms with van der Waals surface area (Å²) in [5, 5.41) is 2.44. The highest BCUT2D eigenvalue weighted by Gasteiger charge is 2.28. The summed E-state index contributed by atoms with van der Waals surface area (Å²) >= 11 is 12.5. The van der Waals surface area contributed by atoms with Crippen LogP contribution in [0.4, 0.5) is 5.69 Å². The lowest BCUT2D eigenvalue weighted by atomic mass is 10.1. The summed E-state index contributed by atoms with van der Waals surface area (Å²) in [6.45, 7) is 0.247. The summed E-state index contributed by atoms with van der Waals surface area (Å²) < 4.78 is 35.7. The minimum Gasteiger partial charge on any atom is -0.489 e. The molecule has 0 bridgehead atoms. The molecule has 0 saturated carbocycles. The molecular formula is C23H17Cl2N3O3S. The molecule has 0 radical (unpaired) electrons. The highest BCUT2D eigenvalue weighted by molar-refractivity contribution is 7.92. The first-order chi connectivity index (χ1) is 15.4. The van der Waals surface area contributed by atoms with E-state index < -0.39 is 10.0 Å². The lowest BCUT2D eigenvalue weighted by Gasteiger charge is -2.12. The molecule has 0 fully saturated rings. The molecule has 5 rings (SSSR count). The lowest BCUT2D eigenvalue weighted by molar-refractivity contribution is 0.307. The Morgan fingerprint density at radius 3 is 2.66 bits per heavy atom. The second-order valence-electron chi connectivity index (χ2n) is 7.29. The molecule has 3 aromatic carbocycles. The third-order valence-electron chi connectivity index (χ3n) is 5.13. The zero-order valence-corrected chi connectivity index (χ0v) is 19.0. The fourth-order valence-electron chi connectivity index (χ4n) is 3.58. The van der Waals surface area contributed by atoms with Crippen LogP contribution in [0.2, 0.25) is 10.2 Å². The molecule has 1 aliphatic heterocycles. The van der Waals surface area contributed by atoms with Crippen molar-refractivity contribution in [3.8, 4) is 5.75 Å². The Morgan fingerprint density at radius 1 is 1.03 bits per heavy atom. The van der Waals surface area contributed by atoms with E-state index in [0.717, 1.165) is 22.1 Å². The summed E-state index contributed by atoms with van der Waals surface area (Å²) in [6.07, 6.45) is 3.99. The SMILES string of the molecule is O=S(=O)(Nc1ccc(COc2ccc3ccccc3c2)c(Cl)c1)c1c(Cl)nc2n1C=CC2. The zero-order valence-electron chi connectivity index (χ0n) is 16.6. The number of hydrogen-bond acceptors (Lipinski definition) is 4. The largest absolute Gasteiger partial charge is 0.489 e. The van der Waals surface area contributed by atoms with Crippen molar-refractivity contribution in [2.45, 2.75) is 18.1 Å². The van der Waals surface area contributed by atoms with Crippen LogP contribution >= 0.6 is 23.2 Å². The van der Waals surface area contributed by atoms with Crippen LogP contribution in [-0.2, 0) is 23.1 Å². The van der Waals surface area contributed by atoms with Gasteiger partial charge in [-0.1, -0.05) is 65.7 Å². The Hall–Kier alpha value is -3.00. The summed E-state index contributed by atoms with van der Waals surface area (Å²) in [7, 11) is -3.95. The van der Waals surface area contributed by atoms with E-state index in [1.165, 1.54) is 4.57 Å². The van der Waals surface area contributed by atoms with Gasteiger partial charge in [-0.3, -0.25) is 9.29 Å². The molecule has 9 heteroatoms. The molecule has 32 heavy (non-hydrogen) atoms. The van der Waals surface area contributed by atoms with Crippen molar-refractivity contribution in [2.75, 3.05) is 4.72 Å². The standard InChI is InChI=1S/C23H17Cl2N3O3S/c24-20-13-18(27-32(29,30)23-22(25)26-21-6-3-11-28(21)23)9-7-17(20)14-31-19-10-8-15-4-1-2-5-16(15)12-19/h1-5,7-13,27H,6,14H2. The Labute approximate surface area is 195 Å². The topological polar surface area (TPSA) is 73.2 Å². The third-order valence-corrected chi connectivity index (χ3v) is 7.26. The normalized spacial score (nSPS) is 12.8. The van der Waals surface area contributed by atoms with Crippen LogP contribution in [0.5, 0.6) is 5.75 Å². The van der Waals surface area contributed by atoms with Gasteiger partial charge in [-0.05, 0) is 35.0 Å². The van der Waals surface area contributed by atoms with Gasteiger partial charge in [0.15, 0.2) is 10.2 Å². The Morgan fingerprint density at radius 2 is 1.84 bits per heavy atom. The van der Waals surface area contributed by atoms with Crippen LogP contribution in [0.1, 0.15) is 11.4 Å². The number of rotatable bonds is 6. The second-order valence-corrected chi connectivity index (χ2v) is 9.66. The van der Waals surface area contributed by atoms with Gasteiger partial charge in [0.1, 0.15) is 18.2 Å². The van der Waals surface area contributed by atoms with Gasteiger partial charge < -0.3 is 4.74 Å². The average molecular weight is 486 g/mol. The number of hydrogen-bond donors (Lipinski definition) is 1. The Kier molecular flexibility index (Phi) is 5.33. The molecule has 4 aromatic rings. The summed E-state index contributed by atoms with van der Waals surface area (Å²) in [6, 6.07) is 18.8. The summed E-state index contributed by atoms with van der Waals surface area (Å²) in [5.74, 6) is 1.30. The predicted octanol–water partition coefficient (Wildman–Crippen LogP) is 5.75. The van der Waals surface area contributed by atoms with Crippen LogP contribution in [0.3, 0.4) is 0 Å². The first kappa shape index (κ1) is 20.9. The Balaban J connectivity index is 1.32. The number of sulfonamides is 1. The first-order valence-corrected chi connectivity index (χ1v) is 12.0. The van der Waals surface area contributed by atoms with E-state index >= 15 is 0 Å². The number of nitrogens with zero attached hydrogens (tertiary/aromatic N) is 2. The molecule has 0 spiro atoms. The molecule has 162 valence electrons. The molecule has 0 amide bonds. The van der Waals surface area contributed by atoms with Crippen molar-refractivity contribution in [1.29, 1.82) is 0 Å². The van der Waals surface area contributed by atoms with E-state index in [2.05, 4.69) is 9.71 Å². The van der Waals surface area contributed by atoms with E-state index in [-0.39, 0.29) is 16.8 Å². The maximum Gasteiger partial charge on any atom is 0.281 e. The fraction of sp³-hybridized carbons (Fsp3) is 0.0870. The number of benzene rings is 3. The van der Waals surface area contributed by atoms with Crippen molar-refractivity contribution < 1.29 is 13.2 Å². The molecule has 2 heterocycles. The van der Waals surface area contributed by atoms with Gasteiger partial charge in [0.05, 0.1) is 5.69 Å². The van der Waals surface area contributed by atoms with E-state index in [1.54, 1.807) is 24.4 Å². The Bertz CT molecular complexity index is 1480. The summed E-state index contributed by atoms with van der Waals surface area (Å²) in [5.41, 5.74) is 1.05. The first-order valence-electron chi connectivity index (χ1n) is 9.77. The third kappa shape index (κ3) is 3.95. The van der Waals surface area contributed by atoms with Gasteiger partial charge in [-0.2, -0.15) is 8.42 Å². The van der Waals surface area contributed by atoms with E-state index in [0.29, 0.717) is 23.0 Å².